The van der Waals surface area contributed by atoms with Gasteiger partial charge in [0.15, 0.2) is 0 Å². The topological polar surface area (TPSA) is 52.7 Å². The van der Waals surface area contributed by atoms with Crippen molar-refractivity contribution < 1.29 is 9.59 Å². The Morgan fingerprint density at radius 1 is 1.14 bits per heavy atom. The molecule has 1 aliphatic heterocycles. The molecule has 1 saturated heterocycles. The number of piperazine rings is 1. The highest BCUT2D eigenvalue weighted by Gasteiger charge is 2.28. The van der Waals surface area contributed by atoms with Crippen molar-refractivity contribution in [3.05, 3.63) is 0 Å². The van der Waals surface area contributed by atoms with Crippen LogP contribution in [0.4, 0.5) is 0 Å². The Labute approximate surface area is 134 Å². The first-order valence-electron chi connectivity index (χ1n) is 8.91. The zero-order valence-electron chi connectivity index (χ0n) is 14.1. The molecule has 5 heteroatoms. The Morgan fingerprint density at radius 3 is 2.36 bits per heavy atom. The van der Waals surface area contributed by atoms with Crippen LogP contribution in [0.5, 0.6) is 0 Å². The van der Waals surface area contributed by atoms with E-state index in [4.69, 9.17) is 0 Å². The predicted octanol–water partition coefficient (Wildman–Crippen LogP) is 1.63. The molecule has 0 bridgehead atoms. The van der Waals surface area contributed by atoms with Gasteiger partial charge in [0.1, 0.15) is 0 Å². The SMILES string of the molecule is CCCNC(=O)C(C)N1CCN(C(=O)CC2CCCC2)CC1. The van der Waals surface area contributed by atoms with Gasteiger partial charge in [-0.15, -0.1) is 0 Å². The van der Waals surface area contributed by atoms with Crippen molar-refractivity contribution in [3.63, 3.8) is 0 Å². The van der Waals surface area contributed by atoms with Gasteiger partial charge in [-0.3, -0.25) is 14.5 Å². The number of nitrogens with zero attached hydrogens (tertiary/aromatic N) is 2. The average molecular weight is 309 g/mol. The molecule has 0 aromatic carbocycles. The zero-order valence-corrected chi connectivity index (χ0v) is 14.1. The third-order valence-corrected chi connectivity index (χ3v) is 5.08. The van der Waals surface area contributed by atoms with Crippen molar-refractivity contribution in [3.8, 4) is 0 Å². The standard InChI is InChI=1S/C17H31N3O2/c1-3-8-18-17(22)14(2)19-9-11-20(12-10-19)16(21)13-15-6-4-5-7-15/h14-15H,3-13H2,1-2H3,(H,18,22). The number of amides is 2. The molecule has 0 aromatic heterocycles. The number of nitrogens with one attached hydrogen (secondary N) is 1. The van der Waals surface area contributed by atoms with Crippen molar-refractivity contribution >= 4 is 11.8 Å². The summed E-state index contributed by atoms with van der Waals surface area (Å²) in [5.41, 5.74) is 0. The number of hydrogen-bond acceptors (Lipinski definition) is 3. The van der Waals surface area contributed by atoms with E-state index < -0.39 is 0 Å². The summed E-state index contributed by atoms with van der Waals surface area (Å²) in [6.07, 6.45) is 6.71. The maximum Gasteiger partial charge on any atom is 0.237 e. The summed E-state index contributed by atoms with van der Waals surface area (Å²) in [5, 5.41) is 2.95. The summed E-state index contributed by atoms with van der Waals surface area (Å²) in [6.45, 7) is 7.88. The van der Waals surface area contributed by atoms with Crippen molar-refractivity contribution in [2.75, 3.05) is 32.7 Å². The molecule has 0 aromatic rings. The Bertz CT molecular complexity index is 372. The van der Waals surface area contributed by atoms with Crippen LogP contribution in [0.15, 0.2) is 0 Å². The third kappa shape index (κ3) is 4.70. The van der Waals surface area contributed by atoms with Crippen molar-refractivity contribution in [1.29, 1.82) is 0 Å². The van der Waals surface area contributed by atoms with E-state index in [1.807, 2.05) is 11.8 Å². The van der Waals surface area contributed by atoms with Gasteiger partial charge in [0.05, 0.1) is 6.04 Å². The van der Waals surface area contributed by atoms with Gasteiger partial charge in [0.25, 0.3) is 0 Å². The molecule has 1 atom stereocenters. The Morgan fingerprint density at radius 2 is 1.77 bits per heavy atom. The highest BCUT2D eigenvalue weighted by molar-refractivity contribution is 5.81. The first-order chi connectivity index (χ1) is 10.6. The minimum atomic E-state index is -0.0985. The number of hydrogen-bond donors (Lipinski definition) is 1. The molecule has 126 valence electrons. The van der Waals surface area contributed by atoms with Gasteiger partial charge in [0.2, 0.25) is 11.8 Å². The fourth-order valence-electron chi connectivity index (χ4n) is 3.51. The van der Waals surface area contributed by atoms with Crippen LogP contribution >= 0.6 is 0 Å². The minimum Gasteiger partial charge on any atom is -0.355 e. The number of carbonyl (C=O) groups excluding carboxylic acids is 2. The van der Waals surface area contributed by atoms with E-state index in [2.05, 4.69) is 17.1 Å². The molecule has 2 fully saturated rings. The fourth-order valence-corrected chi connectivity index (χ4v) is 3.51. The molecule has 1 unspecified atom stereocenters. The van der Waals surface area contributed by atoms with Crippen molar-refractivity contribution in [2.45, 2.75) is 58.4 Å². The van der Waals surface area contributed by atoms with Gasteiger partial charge in [-0.1, -0.05) is 19.8 Å². The lowest BCUT2D eigenvalue weighted by Crippen LogP contribution is -2.55. The van der Waals surface area contributed by atoms with Crippen molar-refractivity contribution in [2.24, 2.45) is 5.92 Å². The summed E-state index contributed by atoms with van der Waals surface area (Å²) in [6, 6.07) is -0.0985. The quantitative estimate of drug-likeness (QED) is 0.811. The van der Waals surface area contributed by atoms with Gasteiger partial charge < -0.3 is 10.2 Å². The van der Waals surface area contributed by atoms with E-state index in [0.717, 1.165) is 45.6 Å². The molecule has 2 rings (SSSR count). The monoisotopic (exact) mass is 309 g/mol. The molecule has 2 aliphatic rings. The predicted molar refractivity (Wildman–Crippen MR) is 87.5 cm³/mol. The van der Waals surface area contributed by atoms with Gasteiger partial charge in [-0.2, -0.15) is 0 Å². The highest BCUT2D eigenvalue weighted by atomic mass is 16.2. The summed E-state index contributed by atoms with van der Waals surface area (Å²) < 4.78 is 0. The van der Waals surface area contributed by atoms with Gasteiger partial charge in [-0.05, 0) is 32.1 Å². The molecule has 2 amide bonds. The van der Waals surface area contributed by atoms with E-state index in [1.165, 1.54) is 25.7 Å². The molecule has 0 radical (unpaired) electrons. The Balaban J connectivity index is 1.72. The lowest BCUT2D eigenvalue weighted by atomic mass is 10.0. The second kappa shape index (κ2) is 8.51. The van der Waals surface area contributed by atoms with Crippen LogP contribution in [0.3, 0.4) is 0 Å². The van der Waals surface area contributed by atoms with Crippen molar-refractivity contribution in [1.82, 2.24) is 15.1 Å². The van der Waals surface area contributed by atoms with Crippen LogP contribution in [0.2, 0.25) is 0 Å². The van der Waals surface area contributed by atoms with Crippen LogP contribution < -0.4 is 5.32 Å². The van der Waals surface area contributed by atoms with E-state index in [1.54, 1.807) is 0 Å². The first kappa shape index (κ1) is 17.3. The largest absolute Gasteiger partial charge is 0.355 e. The Kier molecular flexibility index (Phi) is 6.68. The first-order valence-corrected chi connectivity index (χ1v) is 8.91. The minimum absolute atomic E-state index is 0.0985. The highest BCUT2D eigenvalue weighted by Crippen LogP contribution is 2.28. The molecule has 1 N–H and O–H groups in total. The fraction of sp³-hybridized carbons (Fsp3) is 0.882. The molecule has 5 nitrogen and oxygen atoms in total. The van der Waals surface area contributed by atoms with Gasteiger partial charge in [-0.25, -0.2) is 0 Å². The van der Waals surface area contributed by atoms with Crippen LogP contribution in [-0.2, 0) is 9.59 Å². The molecule has 22 heavy (non-hydrogen) atoms. The van der Waals surface area contributed by atoms with Crippen LogP contribution in [0.25, 0.3) is 0 Å². The van der Waals surface area contributed by atoms with E-state index >= 15 is 0 Å². The maximum absolute atomic E-state index is 12.3. The second-order valence-corrected chi connectivity index (χ2v) is 6.74. The second-order valence-electron chi connectivity index (χ2n) is 6.74. The Hall–Kier alpha value is -1.10. The summed E-state index contributed by atoms with van der Waals surface area (Å²) >= 11 is 0. The lowest BCUT2D eigenvalue weighted by molar-refractivity contribution is -0.135. The van der Waals surface area contributed by atoms with E-state index in [-0.39, 0.29) is 11.9 Å². The number of rotatable bonds is 6. The van der Waals surface area contributed by atoms with E-state index in [0.29, 0.717) is 11.8 Å². The van der Waals surface area contributed by atoms with Crippen LogP contribution in [-0.4, -0.2) is 60.4 Å². The van der Waals surface area contributed by atoms with Crippen LogP contribution in [0.1, 0.15) is 52.4 Å². The lowest BCUT2D eigenvalue weighted by Gasteiger charge is -2.37. The normalized spacial score (nSPS) is 21.8. The summed E-state index contributed by atoms with van der Waals surface area (Å²) in [7, 11) is 0. The smallest absolute Gasteiger partial charge is 0.237 e. The summed E-state index contributed by atoms with van der Waals surface area (Å²) in [4.78, 5) is 28.5. The third-order valence-electron chi connectivity index (χ3n) is 5.08. The average Bonchev–Trinajstić information content (AvgIpc) is 3.05. The van der Waals surface area contributed by atoms with Crippen LogP contribution in [0, 0.1) is 5.92 Å². The molecule has 1 aliphatic carbocycles. The molecular formula is C17H31N3O2. The number of carbonyl (C=O) groups is 2. The van der Waals surface area contributed by atoms with Gasteiger partial charge in [0, 0.05) is 39.1 Å². The maximum atomic E-state index is 12.3. The molecular weight excluding hydrogens is 278 g/mol. The molecule has 1 heterocycles. The van der Waals surface area contributed by atoms with E-state index in [9.17, 15) is 9.59 Å². The molecule has 1 saturated carbocycles. The zero-order chi connectivity index (χ0) is 15.9. The molecule has 0 spiro atoms. The summed E-state index contributed by atoms with van der Waals surface area (Å²) in [5.74, 6) is 1.03. The van der Waals surface area contributed by atoms with Gasteiger partial charge >= 0.3 is 0 Å².